The maximum atomic E-state index is 12.5. The Hall–Kier alpha value is -1.56. The minimum atomic E-state index is -3.64. The van der Waals surface area contributed by atoms with E-state index in [1.54, 1.807) is 24.3 Å². The predicted molar refractivity (Wildman–Crippen MR) is 84.0 cm³/mol. The lowest BCUT2D eigenvalue weighted by molar-refractivity contribution is 0.601. The van der Waals surface area contributed by atoms with Crippen molar-refractivity contribution < 1.29 is 8.42 Å². The molecule has 1 aliphatic rings. The van der Waals surface area contributed by atoms with Crippen molar-refractivity contribution in [1.29, 1.82) is 0 Å². The first-order valence-electron chi connectivity index (χ1n) is 6.57. The topological polar surface area (TPSA) is 58.2 Å². The lowest BCUT2D eigenvalue weighted by Crippen LogP contribution is -2.13. The van der Waals surface area contributed by atoms with Crippen LogP contribution in [0.15, 0.2) is 41.3 Å². The van der Waals surface area contributed by atoms with Crippen LogP contribution in [0.25, 0.3) is 0 Å². The van der Waals surface area contributed by atoms with Crippen molar-refractivity contribution in [2.24, 2.45) is 0 Å². The molecular formula is C15H15ClN2O2S. The Balaban J connectivity index is 1.95. The summed E-state index contributed by atoms with van der Waals surface area (Å²) in [4.78, 5) is 0.252. The molecule has 0 aliphatic carbocycles. The third-order valence-corrected chi connectivity index (χ3v) is 5.18. The molecule has 0 radical (unpaired) electrons. The molecule has 0 atom stereocenters. The van der Waals surface area contributed by atoms with Crippen LogP contribution in [0.1, 0.15) is 16.7 Å². The molecule has 110 valence electrons. The highest BCUT2D eigenvalue weighted by Gasteiger charge is 2.19. The van der Waals surface area contributed by atoms with Crippen molar-refractivity contribution in [3.8, 4) is 0 Å². The van der Waals surface area contributed by atoms with Gasteiger partial charge in [-0.15, -0.1) is 0 Å². The average Bonchev–Trinajstić information content (AvgIpc) is 2.90. The van der Waals surface area contributed by atoms with E-state index < -0.39 is 10.0 Å². The molecule has 2 aromatic rings. The molecule has 0 spiro atoms. The van der Waals surface area contributed by atoms with Gasteiger partial charge in [0.15, 0.2) is 0 Å². The van der Waals surface area contributed by atoms with Gasteiger partial charge in [0, 0.05) is 13.1 Å². The second kappa shape index (κ2) is 5.33. The Kier molecular flexibility index (Phi) is 3.65. The molecule has 0 saturated heterocycles. The number of nitrogens with one attached hydrogen (secondary N) is 2. The van der Waals surface area contributed by atoms with Crippen LogP contribution >= 0.6 is 11.6 Å². The second-order valence-corrected chi connectivity index (χ2v) is 7.21. The highest BCUT2D eigenvalue weighted by molar-refractivity contribution is 7.92. The van der Waals surface area contributed by atoms with Crippen LogP contribution in [0, 0.1) is 6.92 Å². The van der Waals surface area contributed by atoms with E-state index in [4.69, 9.17) is 11.6 Å². The number of hydrogen-bond acceptors (Lipinski definition) is 3. The summed E-state index contributed by atoms with van der Waals surface area (Å²) in [5.74, 6) is 0. The molecule has 6 heteroatoms. The standard InChI is InChI=1S/C15H15ClN2O2S/c1-10-2-5-14(16)15(6-10)18-21(19,20)13-4-3-11-8-17-9-12(11)7-13/h2-7,17-18H,8-9H2,1H3. The number of fused-ring (bicyclic) bond motifs is 1. The zero-order valence-corrected chi connectivity index (χ0v) is 13.1. The van der Waals surface area contributed by atoms with Crippen LogP contribution in [-0.4, -0.2) is 8.42 Å². The summed E-state index contributed by atoms with van der Waals surface area (Å²) in [5, 5.41) is 3.58. The van der Waals surface area contributed by atoms with Gasteiger partial charge in [-0.25, -0.2) is 8.42 Å². The van der Waals surface area contributed by atoms with Gasteiger partial charge in [0.2, 0.25) is 0 Å². The number of sulfonamides is 1. The lowest BCUT2D eigenvalue weighted by atomic mass is 10.1. The molecular weight excluding hydrogens is 308 g/mol. The summed E-state index contributed by atoms with van der Waals surface area (Å²) < 4.78 is 27.5. The molecule has 2 N–H and O–H groups in total. The van der Waals surface area contributed by atoms with Crippen LogP contribution < -0.4 is 10.0 Å². The van der Waals surface area contributed by atoms with Crippen LogP contribution in [0.4, 0.5) is 5.69 Å². The molecule has 1 heterocycles. The molecule has 3 rings (SSSR count). The van der Waals surface area contributed by atoms with Crippen LogP contribution in [-0.2, 0) is 23.1 Å². The number of hydrogen-bond donors (Lipinski definition) is 2. The van der Waals surface area contributed by atoms with E-state index in [2.05, 4.69) is 10.0 Å². The highest BCUT2D eigenvalue weighted by atomic mass is 35.5. The first-order valence-corrected chi connectivity index (χ1v) is 8.43. The van der Waals surface area contributed by atoms with Crippen LogP contribution in [0.5, 0.6) is 0 Å². The molecule has 0 unspecified atom stereocenters. The Labute approximate surface area is 129 Å². The normalized spacial score (nSPS) is 14.0. The number of halogens is 1. The molecule has 0 aromatic heterocycles. The van der Waals surface area contributed by atoms with Crippen molar-refractivity contribution in [1.82, 2.24) is 5.32 Å². The number of benzene rings is 2. The third kappa shape index (κ3) is 2.90. The minimum absolute atomic E-state index is 0.252. The number of anilines is 1. The predicted octanol–water partition coefficient (Wildman–Crippen LogP) is 3.05. The van der Waals surface area contributed by atoms with E-state index in [0.717, 1.165) is 23.2 Å². The Bertz CT molecular complexity index is 803. The van der Waals surface area contributed by atoms with Crippen molar-refractivity contribution >= 4 is 27.3 Å². The summed E-state index contributed by atoms with van der Waals surface area (Å²) in [7, 11) is -3.64. The lowest BCUT2D eigenvalue weighted by Gasteiger charge is -2.11. The Morgan fingerprint density at radius 2 is 1.86 bits per heavy atom. The number of aryl methyl sites for hydroxylation is 1. The first kappa shape index (κ1) is 14.4. The van der Waals surface area contributed by atoms with E-state index in [0.29, 0.717) is 17.3 Å². The SMILES string of the molecule is Cc1ccc(Cl)c(NS(=O)(=O)c2ccc3c(c2)CNC3)c1. The smallest absolute Gasteiger partial charge is 0.261 e. The van der Waals surface area contributed by atoms with Gasteiger partial charge in [0.1, 0.15) is 0 Å². The van der Waals surface area contributed by atoms with E-state index in [9.17, 15) is 8.42 Å². The van der Waals surface area contributed by atoms with Gasteiger partial charge >= 0.3 is 0 Å². The van der Waals surface area contributed by atoms with Crippen molar-refractivity contribution in [2.45, 2.75) is 24.9 Å². The summed E-state index contributed by atoms with van der Waals surface area (Å²) in [5.41, 5.74) is 3.50. The third-order valence-electron chi connectivity index (χ3n) is 3.49. The summed E-state index contributed by atoms with van der Waals surface area (Å²) >= 11 is 6.05. The molecule has 4 nitrogen and oxygen atoms in total. The molecule has 0 fully saturated rings. The fourth-order valence-corrected chi connectivity index (χ4v) is 3.70. The quantitative estimate of drug-likeness (QED) is 0.913. The van der Waals surface area contributed by atoms with Gasteiger partial charge in [-0.3, -0.25) is 4.72 Å². The highest BCUT2D eigenvalue weighted by Crippen LogP contribution is 2.27. The van der Waals surface area contributed by atoms with Gasteiger partial charge < -0.3 is 5.32 Å². The van der Waals surface area contributed by atoms with Gasteiger partial charge in [-0.2, -0.15) is 0 Å². The zero-order chi connectivity index (χ0) is 15.0. The average molecular weight is 323 g/mol. The first-order chi connectivity index (χ1) is 9.95. The largest absolute Gasteiger partial charge is 0.309 e. The fraction of sp³-hybridized carbons (Fsp3) is 0.200. The monoisotopic (exact) mass is 322 g/mol. The van der Waals surface area contributed by atoms with E-state index >= 15 is 0 Å². The summed E-state index contributed by atoms with van der Waals surface area (Å²) in [6.07, 6.45) is 0. The van der Waals surface area contributed by atoms with Crippen LogP contribution in [0.2, 0.25) is 5.02 Å². The maximum absolute atomic E-state index is 12.5. The molecule has 0 saturated carbocycles. The summed E-state index contributed by atoms with van der Waals surface area (Å²) in [6.45, 7) is 3.37. The van der Waals surface area contributed by atoms with Gasteiger partial charge in [-0.1, -0.05) is 23.7 Å². The van der Waals surface area contributed by atoms with Crippen LogP contribution in [0.3, 0.4) is 0 Å². The molecule has 2 aromatic carbocycles. The zero-order valence-electron chi connectivity index (χ0n) is 11.5. The van der Waals surface area contributed by atoms with Crippen molar-refractivity contribution in [3.05, 3.63) is 58.1 Å². The molecule has 21 heavy (non-hydrogen) atoms. The number of rotatable bonds is 3. The van der Waals surface area contributed by atoms with Gasteiger partial charge in [-0.05, 0) is 47.9 Å². The minimum Gasteiger partial charge on any atom is -0.309 e. The summed E-state index contributed by atoms with van der Waals surface area (Å²) in [6, 6.07) is 10.4. The van der Waals surface area contributed by atoms with Gasteiger partial charge in [0.25, 0.3) is 10.0 Å². The van der Waals surface area contributed by atoms with Crippen molar-refractivity contribution in [2.75, 3.05) is 4.72 Å². The maximum Gasteiger partial charge on any atom is 0.261 e. The Morgan fingerprint density at radius 1 is 1.10 bits per heavy atom. The fourth-order valence-electron chi connectivity index (χ4n) is 2.36. The second-order valence-electron chi connectivity index (χ2n) is 5.12. The van der Waals surface area contributed by atoms with E-state index in [1.807, 2.05) is 19.1 Å². The molecule has 0 amide bonds. The Morgan fingerprint density at radius 3 is 2.67 bits per heavy atom. The molecule has 1 aliphatic heterocycles. The van der Waals surface area contributed by atoms with E-state index in [-0.39, 0.29) is 4.90 Å². The molecule has 0 bridgehead atoms. The van der Waals surface area contributed by atoms with Gasteiger partial charge in [0.05, 0.1) is 15.6 Å². The van der Waals surface area contributed by atoms with Crippen molar-refractivity contribution in [3.63, 3.8) is 0 Å². The van der Waals surface area contributed by atoms with E-state index in [1.165, 1.54) is 0 Å².